The third kappa shape index (κ3) is 4.51. The van der Waals surface area contributed by atoms with Crippen LogP contribution in [-0.4, -0.2) is 27.8 Å². The number of amides is 2. The fourth-order valence-corrected chi connectivity index (χ4v) is 2.87. The zero-order valence-electron chi connectivity index (χ0n) is 15.2. The number of aromatic nitrogens is 2. The van der Waals surface area contributed by atoms with Crippen LogP contribution in [0.4, 0.5) is 4.79 Å². The van der Waals surface area contributed by atoms with E-state index in [9.17, 15) is 4.79 Å². The minimum absolute atomic E-state index is 0.0813. The van der Waals surface area contributed by atoms with Crippen molar-refractivity contribution < 1.29 is 4.79 Å². The molecule has 0 saturated carbocycles. The second-order valence-corrected chi connectivity index (χ2v) is 6.41. The summed E-state index contributed by atoms with van der Waals surface area (Å²) in [6.07, 6.45) is 3.70. The lowest BCUT2D eigenvalue weighted by Gasteiger charge is -2.20. The van der Waals surface area contributed by atoms with E-state index < -0.39 is 0 Å². The van der Waals surface area contributed by atoms with Crippen molar-refractivity contribution in [2.24, 2.45) is 0 Å². The number of benzene rings is 2. The first-order valence-electron chi connectivity index (χ1n) is 8.71. The Balaban J connectivity index is 1.60. The predicted molar refractivity (Wildman–Crippen MR) is 103 cm³/mol. The van der Waals surface area contributed by atoms with Crippen molar-refractivity contribution in [1.82, 2.24) is 20.0 Å². The number of carbonyl (C=O) groups is 1. The number of urea groups is 1. The molecule has 1 aromatic heterocycles. The lowest BCUT2D eigenvalue weighted by molar-refractivity contribution is 0.206. The van der Waals surface area contributed by atoms with Gasteiger partial charge in [0.1, 0.15) is 0 Å². The van der Waals surface area contributed by atoms with E-state index in [0.717, 1.165) is 16.7 Å². The second kappa shape index (κ2) is 8.34. The van der Waals surface area contributed by atoms with Crippen LogP contribution in [0.2, 0.25) is 0 Å². The molecule has 2 amide bonds. The van der Waals surface area contributed by atoms with Gasteiger partial charge in [-0.3, -0.25) is 4.68 Å². The van der Waals surface area contributed by atoms with Crippen LogP contribution in [0.1, 0.15) is 22.3 Å². The van der Waals surface area contributed by atoms with Crippen molar-refractivity contribution >= 4 is 6.03 Å². The normalized spacial score (nSPS) is 10.5. The largest absolute Gasteiger partial charge is 0.334 e. The summed E-state index contributed by atoms with van der Waals surface area (Å²) in [4.78, 5) is 14.2. The molecule has 5 heteroatoms. The summed E-state index contributed by atoms with van der Waals surface area (Å²) in [5.74, 6) is 0. The number of carbonyl (C=O) groups excluding carboxylic acids is 1. The van der Waals surface area contributed by atoms with Crippen molar-refractivity contribution in [3.05, 3.63) is 89.2 Å². The quantitative estimate of drug-likeness (QED) is 0.740. The lowest BCUT2D eigenvalue weighted by atomic mass is 10.1. The molecule has 0 aliphatic carbocycles. The Hall–Kier alpha value is -3.08. The van der Waals surface area contributed by atoms with E-state index in [2.05, 4.69) is 35.5 Å². The first-order valence-corrected chi connectivity index (χ1v) is 8.71. The summed E-state index contributed by atoms with van der Waals surface area (Å²) >= 11 is 0. The Bertz CT molecular complexity index is 858. The van der Waals surface area contributed by atoms with Gasteiger partial charge >= 0.3 is 6.03 Å². The van der Waals surface area contributed by atoms with Crippen molar-refractivity contribution in [1.29, 1.82) is 0 Å². The molecule has 0 aliphatic heterocycles. The average Bonchev–Trinajstić information content (AvgIpc) is 3.15. The van der Waals surface area contributed by atoms with Gasteiger partial charge in [-0.05, 0) is 35.2 Å². The summed E-state index contributed by atoms with van der Waals surface area (Å²) in [6, 6.07) is 18.1. The van der Waals surface area contributed by atoms with E-state index in [1.165, 1.54) is 5.56 Å². The van der Waals surface area contributed by atoms with Crippen molar-refractivity contribution in [2.75, 3.05) is 7.05 Å². The maximum Gasteiger partial charge on any atom is 0.317 e. The van der Waals surface area contributed by atoms with Gasteiger partial charge in [-0.2, -0.15) is 5.10 Å². The minimum atomic E-state index is -0.0813. The molecule has 26 heavy (non-hydrogen) atoms. The Morgan fingerprint density at radius 3 is 2.42 bits per heavy atom. The van der Waals surface area contributed by atoms with Crippen LogP contribution in [0.5, 0.6) is 0 Å². The highest BCUT2D eigenvalue weighted by atomic mass is 16.2. The first-order chi connectivity index (χ1) is 12.6. The number of nitrogens with one attached hydrogen (secondary N) is 1. The van der Waals surface area contributed by atoms with Gasteiger partial charge in [-0.1, -0.05) is 48.5 Å². The van der Waals surface area contributed by atoms with E-state index in [-0.39, 0.29) is 6.03 Å². The van der Waals surface area contributed by atoms with Gasteiger partial charge in [0.2, 0.25) is 0 Å². The highest BCUT2D eigenvalue weighted by Crippen LogP contribution is 2.12. The molecule has 0 spiro atoms. The lowest BCUT2D eigenvalue weighted by Crippen LogP contribution is -2.36. The molecule has 0 unspecified atom stereocenters. The SMILES string of the molecule is Cc1ccccc1CN(C)C(=O)NCc1ccccc1Cn1cccn1. The molecule has 2 aromatic carbocycles. The van der Waals surface area contributed by atoms with E-state index >= 15 is 0 Å². The standard InChI is InChI=1S/C21H24N4O/c1-17-8-3-4-10-19(17)15-24(2)21(26)22-14-18-9-5-6-11-20(18)16-25-13-7-12-23-25/h3-13H,14-16H2,1-2H3,(H,22,26). The van der Waals surface area contributed by atoms with Crippen molar-refractivity contribution in [3.63, 3.8) is 0 Å². The zero-order chi connectivity index (χ0) is 18.4. The first kappa shape index (κ1) is 17.7. The Labute approximate surface area is 154 Å². The van der Waals surface area contributed by atoms with Crippen molar-refractivity contribution in [3.8, 4) is 0 Å². The van der Waals surface area contributed by atoms with Gasteiger partial charge in [0.05, 0.1) is 6.54 Å². The summed E-state index contributed by atoms with van der Waals surface area (Å²) in [7, 11) is 1.82. The maximum absolute atomic E-state index is 12.5. The second-order valence-electron chi connectivity index (χ2n) is 6.41. The summed E-state index contributed by atoms with van der Waals surface area (Å²) < 4.78 is 1.88. The van der Waals surface area contributed by atoms with E-state index in [4.69, 9.17) is 0 Å². The molecule has 3 aromatic rings. The minimum Gasteiger partial charge on any atom is -0.334 e. The monoisotopic (exact) mass is 348 g/mol. The molecule has 0 bridgehead atoms. The predicted octanol–water partition coefficient (Wildman–Crippen LogP) is 3.58. The highest BCUT2D eigenvalue weighted by molar-refractivity contribution is 5.73. The van der Waals surface area contributed by atoms with Crippen molar-refractivity contribution in [2.45, 2.75) is 26.6 Å². The molecular formula is C21H24N4O. The fraction of sp³-hybridized carbons (Fsp3) is 0.238. The molecule has 0 atom stereocenters. The topological polar surface area (TPSA) is 50.2 Å². The van der Waals surface area contributed by atoms with Crippen LogP contribution in [-0.2, 0) is 19.6 Å². The van der Waals surface area contributed by atoms with Gasteiger partial charge in [0.15, 0.2) is 0 Å². The molecule has 0 aliphatic rings. The van der Waals surface area contributed by atoms with Gasteiger partial charge < -0.3 is 10.2 Å². The van der Waals surface area contributed by atoms with Crippen LogP contribution in [0, 0.1) is 6.92 Å². The number of nitrogens with zero attached hydrogens (tertiary/aromatic N) is 3. The number of hydrogen-bond donors (Lipinski definition) is 1. The number of rotatable bonds is 6. The van der Waals surface area contributed by atoms with Crippen LogP contribution in [0.3, 0.4) is 0 Å². The maximum atomic E-state index is 12.5. The third-order valence-electron chi connectivity index (χ3n) is 4.46. The van der Waals surface area contributed by atoms with E-state index in [1.807, 2.05) is 54.3 Å². The summed E-state index contributed by atoms with van der Waals surface area (Å²) in [6.45, 7) is 3.84. The molecule has 3 rings (SSSR count). The van der Waals surface area contributed by atoms with Crippen LogP contribution < -0.4 is 5.32 Å². The van der Waals surface area contributed by atoms with Crippen LogP contribution >= 0.6 is 0 Å². The molecule has 1 heterocycles. The zero-order valence-corrected chi connectivity index (χ0v) is 15.2. The van der Waals surface area contributed by atoms with Gasteiger partial charge in [0.25, 0.3) is 0 Å². The highest BCUT2D eigenvalue weighted by Gasteiger charge is 2.11. The molecule has 1 N–H and O–H groups in total. The Morgan fingerprint density at radius 1 is 1.04 bits per heavy atom. The van der Waals surface area contributed by atoms with Gasteiger partial charge in [-0.15, -0.1) is 0 Å². The summed E-state index contributed by atoms with van der Waals surface area (Å²) in [5.41, 5.74) is 4.60. The molecule has 0 saturated heterocycles. The Morgan fingerprint density at radius 2 is 1.73 bits per heavy atom. The molecule has 0 fully saturated rings. The van der Waals surface area contributed by atoms with Crippen LogP contribution in [0.25, 0.3) is 0 Å². The van der Waals surface area contributed by atoms with Crippen LogP contribution in [0.15, 0.2) is 67.0 Å². The molecular weight excluding hydrogens is 324 g/mol. The smallest absolute Gasteiger partial charge is 0.317 e. The fourth-order valence-electron chi connectivity index (χ4n) is 2.87. The molecule has 5 nitrogen and oxygen atoms in total. The van der Waals surface area contributed by atoms with Gasteiger partial charge in [0, 0.05) is 32.5 Å². The average molecular weight is 348 g/mol. The Kier molecular flexibility index (Phi) is 5.69. The van der Waals surface area contributed by atoms with E-state index in [1.54, 1.807) is 11.1 Å². The summed E-state index contributed by atoms with van der Waals surface area (Å²) in [5, 5.41) is 7.27. The van der Waals surface area contributed by atoms with Gasteiger partial charge in [-0.25, -0.2) is 4.79 Å². The number of aryl methyl sites for hydroxylation is 1. The van der Waals surface area contributed by atoms with E-state index in [0.29, 0.717) is 19.6 Å². The molecule has 134 valence electrons. The third-order valence-corrected chi connectivity index (χ3v) is 4.46. The number of hydrogen-bond acceptors (Lipinski definition) is 2. The molecule has 0 radical (unpaired) electrons.